The van der Waals surface area contributed by atoms with Crippen LogP contribution in [0, 0.1) is 5.92 Å². The Morgan fingerprint density at radius 2 is 1.91 bits per heavy atom. The van der Waals surface area contributed by atoms with Crippen molar-refractivity contribution in [3.63, 3.8) is 0 Å². The van der Waals surface area contributed by atoms with E-state index in [1.165, 1.54) is 12.8 Å². The molecule has 0 bridgehead atoms. The molecule has 2 aliphatic rings. The molecule has 0 radical (unpaired) electrons. The maximum Gasteiger partial charge on any atom is 0.320 e. The van der Waals surface area contributed by atoms with Crippen molar-refractivity contribution in [2.24, 2.45) is 5.92 Å². The van der Waals surface area contributed by atoms with Gasteiger partial charge in [0.2, 0.25) is 5.91 Å². The Bertz CT molecular complexity index is 394. The van der Waals surface area contributed by atoms with Crippen molar-refractivity contribution >= 4 is 11.9 Å². The van der Waals surface area contributed by atoms with Crippen LogP contribution in [0.1, 0.15) is 39.5 Å². The molecule has 3 atom stereocenters. The summed E-state index contributed by atoms with van der Waals surface area (Å²) in [5.74, 6) is 0.0385. The minimum absolute atomic E-state index is 0.110. The van der Waals surface area contributed by atoms with Gasteiger partial charge in [-0.15, -0.1) is 0 Å². The lowest BCUT2D eigenvalue weighted by Gasteiger charge is -2.36. The molecule has 0 spiro atoms. The average Bonchev–Trinajstić information content (AvgIpc) is 2.47. The minimum atomic E-state index is -0.780. The van der Waals surface area contributed by atoms with Gasteiger partial charge in [0.25, 0.3) is 0 Å². The highest BCUT2D eigenvalue weighted by molar-refractivity contribution is 5.78. The molecule has 1 saturated heterocycles. The summed E-state index contributed by atoms with van der Waals surface area (Å²) in [4.78, 5) is 27.2. The Balaban J connectivity index is 1.69. The fraction of sp³-hybridized carbons (Fsp3) is 0.875. The van der Waals surface area contributed by atoms with Gasteiger partial charge >= 0.3 is 5.97 Å². The van der Waals surface area contributed by atoms with Crippen molar-refractivity contribution in [3.8, 4) is 0 Å². The second-order valence-corrected chi connectivity index (χ2v) is 6.86. The van der Waals surface area contributed by atoms with Gasteiger partial charge in [-0.3, -0.25) is 19.4 Å². The number of rotatable bonds is 5. The van der Waals surface area contributed by atoms with Crippen molar-refractivity contribution in [1.82, 2.24) is 15.1 Å². The van der Waals surface area contributed by atoms with Crippen LogP contribution in [0.2, 0.25) is 0 Å². The van der Waals surface area contributed by atoms with Crippen LogP contribution in [0.5, 0.6) is 0 Å². The Labute approximate surface area is 132 Å². The topological polar surface area (TPSA) is 72.9 Å². The van der Waals surface area contributed by atoms with E-state index in [-0.39, 0.29) is 5.91 Å². The first-order chi connectivity index (χ1) is 10.5. The smallest absolute Gasteiger partial charge is 0.320 e. The van der Waals surface area contributed by atoms with E-state index in [0.717, 1.165) is 25.9 Å². The van der Waals surface area contributed by atoms with Gasteiger partial charge < -0.3 is 10.4 Å². The number of nitrogens with zero attached hydrogens (tertiary/aromatic N) is 2. The van der Waals surface area contributed by atoms with Crippen LogP contribution in [0.3, 0.4) is 0 Å². The van der Waals surface area contributed by atoms with Crippen molar-refractivity contribution in [1.29, 1.82) is 0 Å². The van der Waals surface area contributed by atoms with Gasteiger partial charge in [0.15, 0.2) is 0 Å². The number of hydrogen-bond donors (Lipinski definition) is 2. The molecule has 6 heteroatoms. The van der Waals surface area contributed by atoms with E-state index < -0.39 is 12.0 Å². The van der Waals surface area contributed by atoms with Crippen molar-refractivity contribution < 1.29 is 14.7 Å². The predicted octanol–water partition coefficient (Wildman–Crippen LogP) is 0.772. The fourth-order valence-corrected chi connectivity index (χ4v) is 3.51. The average molecular weight is 311 g/mol. The lowest BCUT2D eigenvalue weighted by molar-refractivity contribution is -0.143. The third-order valence-electron chi connectivity index (χ3n) is 4.98. The van der Waals surface area contributed by atoms with E-state index in [4.69, 9.17) is 5.11 Å². The summed E-state index contributed by atoms with van der Waals surface area (Å²) in [5.41, 5.74) is 0. The van der Waals surface area contributed by atoms with E-state index in [9.17, 15) is 9.59 Å². The molecule has 1 heterocycles. The summed E-state index contributed by atoms with van der Waals surface area (Å²) in [6.07, 6.45) is 4.67. The highest BCUT2D eigenvalue weighted by Gasteiger charge is 2.26. The lowest BCUT2D eigenvalue weighted by atomic mass is 9.87. The Morgan fingerprint density at radius 3 is 2.50 bits per heavy atom. The molecule has 0 aromatic rings. The standard InChI is InChI=1S/C16H29N3O3/c1-12-4-3-5-14(10-12)17-15(20)11-18-6-8-19(9-7-18)13(2)16(21)22/h12-14H,3-11H2,1-2H3,(H,17,20)(H,21,22)/t12-,13-,14-/m1/s1. The number of hydrogen-bond acceptors (Lipinski definition) is 4. The predicted molar refractivity (Wildman–Crippen MR) is 84.7 cm³/mol. The van der Waals surface area contributed by atoms with E-state index in [1.807, 2.05) is 4.90 Å². The number of nitrogens with one attached hydrogen (secondary N) is 1. The number of carboxylic acids is 1. The second kappa shape index (κ2) is 7.92. The van der Waals surface area contributed by atoms with Crippen molar-refractivity contribution in [2.45, 2.75) is 51.6 Å². The summed E-state index contributed by atoms with van der Waals surface area (Å²) < 4.78 is 0. The monoisotopic (exact) mass is 311 g/mol. The number of carbonyl (C=O) groups excluding carboxylic acids is 1. The summed E-state index contributed by atoms with van der Waals surface area (Å²) in [6, 6.07) is -0.107. The quantitative estimate of drug-likeness (QED) is 0.785. The number of carbonyl (C=O) groups is 2. The van der Waals surface area contributed by atoms with Crippen LogP contribution in [-0.2, 0) is 9.59 Å². The first kappa shape index (κ1) is 17.2. The van der Waals surface area contributed by atoms with E-state index in [0.29, 0.717) is 31.6 Å². The van der Waals surface area contributed by atoms with Gasteiger partial charge in [0.05, 0.1) is 6.54 Å². The largest absolute Gasteiger partial charge is 0.480 e. The molecule has 22 heavy (non-hydrogen) atoms. The summed E-state index contributed by atoms with van der Waals surface area (Å²) in [7, 11) is 0. The van der Waals surface area contributed by atoms with Gasteiger partial charge in [0.1, 0.15) is 6.04 Å². The van der Waals surface area contributed by atoms with E-state index in [2.05, 4.69) is 17.1 Å². The van der Waals surface area contributed by atoms with Crippen molar-refractivity contribution in [3.05, 3.63) is 0 Å². The van der Waals surface area contributed by atoms with Crippen LogP contribution >= 0.6 is 0 Å². The van der Waals surface area contributed by atoms with E-state index >= 15 is 0 Å². The molecule has 1 aliphatic carbocycles. The Hall–Kier alpha value is -1.14. The molecular formula is C16H29N3O3. The molecule has 1 aliphatic heterocycles. The molecule has 2 rings (SSSR count). The number of aliphatic carboxylic acids is 1. The van der Waals surface area contributed by atoms with Gasteiger partial charge in [-0.2, -0.15) is 0 Å². The number of piperazine rings is 1. The Kier molecular flexibility index (Phi) is 6.20. The van der Waals surface area contributed by atoms with Crippen LogP contribution < -0.4 is 5.32 Å². The van der Waals surface area contributed by atoms with Gasteiger partial charge in [-0.25, -0.2) is 0 Å². The molecule has 2 fully saturated rings. The van der Waals surface area contributed by atoms with Gasteiger partial charge in [0, 0.05) is 32.2 Å². The number of amides is 1. The van der Waals surface area contributed by atoms with Crippen LogP contribution in [0.25, 0.3) is 0 Å². The highest BCUT2D eigenvalue weighted by Crippen LogP contribution is 2.23. The minimum Gasteiger partial charge on any atom is -0.480 e. The third-order valence-corrected chi connectivity index (χ3v) is 4.98. The molecule has 0 aromatic heterocycles. The maximum absolute atomic E-state index is 12.1. The summed E-state index contributed by atoms with van der Waals surface area (Å²) in [6.45, 7) is 7.33. The van der Waals surface area contributed by atoms with Crippen LogP contribution in [-0.4, -0.2) is 71.6 Å². The molecular weight excluding hydrogens is 282 g/mol. The van der Waals surface area contributed by atoms with Crippen molar-refractivity contribution in [2.75, 3.05) is 32.7 Å². The molecule has 2 N–H and O–H groups in total. The fourth-order valence-electron chi connectivity index (χ4n) is 3.51. The highest BCUT2D eigenvalue weighted by atomic mass is 16.4. The molecule has 0 aromatic carbocycles. The first-order valence-electron chi connectivity index (χ1n) is 8.44. The SMILES string of the molecule is C[C@@H]1CCC[C@@H](NC(=O)CN2CCN([C@H](C)C(=O)O)CC2)C1. The third kappa shape index (κ3) is 4.95. The zero-order valence-electron chi connectivity index (χ0n) is 13.8. The Morgan fingerprint density at radius 1 is 1.23 bits per heavy atom. The first-order valence-corrected chi connectivity index (χ1v) is 8.44. The van der Waals surface area contributed by atoms with Gasteiger partial charge in [-0.05, 0) is 25.7 Å². The molecule has 0 unspecified atom stereocenters. The van der Waals surface area contributed by atoms with Crippen LogP contribution in [0.4, 0.5) is 0 Å². The molecule has 126 valence electrons. The molecule has 1 amide bonds. The second-order valence-electron chi connectivity index (χ2n) is 6.86. The zero-order valence-corrected chi connectivity index (χ0v) is 13.8. The summed E-state index contributed by atoms with van der Waals surface area (Å²) >= 11 is 0. The van der Waals surface area contributed by atoms with Gasteiger partial charge in [-0.1, -0.05) is 19.8 Å². The summed E-state index contributed by atoms with van der Waals surface area (Å²) in [5, 5.41) is 12.2. The normalized spacial score (nSPS) is 29.0. The molecule has 6 nitrogen and oxygen atoms in total. The lowest BCUT2D eigenvalue weighted by Crippen LogP contribution is -2.54. The maximum atomic E-state index is 12.1. The molecule has 1 saturated carbocycles. The zero-order chi connectivity index (χ0) is 16.1. The van der Waals surface area contributed by atoms with E-state index in [1.54, 1.807) is 6.92 Å². The number of carboxylic acid groups (broad SMARTS) is 1. The van der Waals surface area contributed by atoms with Crippen LogP contribution in [0.15, 0.2) is 0 Å².